The summed E-state index contributed by atoms with van der Waals surface area (Å²) in [5.41, 5.74) is 1.48. The molecule has 0 spiro atoms. The predicted octanol–water partition coefficient (Wildman–Crippen LogP) is 4.39. The summed E-state index contributed by atoms with van der Waals surface area (Å²) in [7, 11) is 0. The molecule has 0 saturated carbocycles. The van der Waals surface area contributed by atoms with Crippen LogP contribution in [0.25, 0.3) is 0 Å². The van der Waals surface area contributed by atoms with Crippen LogP contribution in [-0.4, -0.2) is 23.0 Å². The number of carboxylic acids is 1. The van der Waals surface area contributed by atoms with E-state index in [1.54, 1.807) is 30.3 Å². The quantitative estimate of drug-likeness (QED) is 0.715. The van der Waals surface area contributed by atoms with E-state index in [-0.39, 0.29) is 12.3 Å². The van der Waals surface area contributed by atoms with Crippen molar-refractivity contribution in [2.45, 2.75) is 18.5 Å². The first-order valence-corrected chi connectivity index (χ1v) is 8.53. The van der Waals surface area contributed by atoms with Gasteiger partial charge < -0.3 is 15.7 Å². The highest BCUT2D eigenvalue weighted by molar-refractivity contribution is 6.35. The molecular weight excluding hydrogens is 387 g/mol. The largest absolute Gasteiger partial charge is 0.480 e. The molecule has 3 N–H and O–H groups in total. The van der Waals surface area contributed by atoms with Gasteiger partial charge in [-0.2, -0.15) is 0 Å². The molecule has 25 heavy (non-hydrogen) atoms. The normalized spacial score (nSPS) is 18.8. The molecule has 8 heteroatoms. The zero-order valence-electron chi connectivity index (χ0n) is 12.7. The maximum Gasteiger partial charge on any atom is 0.326 e. The molecule has 5 nitrogen and oxygen atoms in total. The first-order valence-electron chi connectivity index (χ1n) is 7.40. The van der Waals surface area contributed by atoms with Gasteiger partial charge in [0.1, 0.15) is 6.04 Å². The molecule has 1 aliphatic heterocycles. The molecule has 2 atom stereocenters. The molecule has 1 aliphatic rings. The molecule has 0 aromatic heterocycles. The Kier molecular flexibility index (Phi) is 5.08. The lowest BCUT2D eigenvalue weighted by molar-refractivity contribution is -0.138. The lowest BCUT2D eigenvalue weighted by atomic mass is 9.92. The van der Waals surface area contributed by atoms with Gasteiger partial charge in [-0.1, -0.05) is 40.9 Å². The third-order valence-electron chi connectivity index (χ3n) is 3.93. The number of fused-ring (bicyclic) bond motifs is 1. The van der Waals surface area contributed by atoms with E-state index in [0.29, 0.717) is 31.9 Å². The third-order valence-corrected chi connectivity index (χ3v) is 4.70. The van der Waals surface area contributed by atoms with E-state index in [4.69, 9.17) is 34.8 Å². The van der Waals surface area contributed by atoms with Crippen LogP contribution in [0.1, 0.15) is 28.4 Å². The molecule has 0 saturated heterocycles. The number of aliphatic carboxylic acids is 1. The summed E-state index contributed by atoms with van der Waals surface area (Å²) in [4.78, 5) is 23.9. The van der Waals surface area contributed by atoms with E-state index in [2.05, 4.69) is 10.6 Å². The maximum absolute atomic E-state index is 12.5. The summed E-state index contributed by atoms with van der Waals surface area (Å²) in [6, 6.07) is 8.20. The third kappa shape index (κ3) is 3.84. The molecule has 1 heterocycles. The van der Waals surface area contributed by atoms with Crippen molar-refractivity contribution in [3.05, 3.63) is 62.6 Å². The van der Waals surface area contributed by atoms with Gasteiger partial charge in [-0.25, -0.2) is 4.79 Å². The van der Waals surface area contributed by atoms with Gasteiger partial charge in [0.25, 0.3) is 5.91 Å². The molecule has 0 aliphatic carbocycles. The van der Waals surface area contributed by atoms with E-state index in [1.165, 1.54) is 6.07 Å². The van der Waals surface area contributed by atoms with Gasteiger partial charge in [0, 0.05) is 38.3 Å². The second-order valence-corrected chi connectivity index (χ2v) is 6.94. The Morgan fingerprint density at radius 1 is 1.12 bits per heavy atom. The van der Waals surface area contributed by atoms with E-state index in [0.717, 1.165) is 0 Å². The second-order valence-electron chi connectivity index (χ2n) is 5.66. The summed E-state index contributed by atoms with van der Waals surface area (Å²) in [5, 5.41) is 16.2. The van der Waals surface area contributed by atoms with Gasteiger partial charge in [0.2, 0.25) is 0 Å². The van der Waals surface area contributed by atoms with Crippen molar-refractivity contribution >= 4 is 52.4 Å². The Hall–Kier alpha value is -1.95. The van der Waals surface area contributed by atoms with Crippen LogP contribution < -0.4 is 10.6 Å². The van der Waals surface area contributed by atoms with Crippen LogP contribution in [0.3, 0.4) is 0 Å². The summed E-state index contributed by atoms with van der Waals surface area (Å²) >= 11 is 18.2. The first kappa shape index (κ1) is 17.9. The summed E-state index contributed by atoms with van der Waals surface area (Å²) in [6.07, 6.45) is 0.149. The predicted molar refractivity (Wildman–Crippen MR) is 97.8 cm³/mol. The number of hydrogen-bond donors (Lipinski definition) is 3. The van der Waals surface area contributed by atoms with E-state index in [1.807, 2.05) is 0 Å². The number of carbonyl (C=O) groups excluding carboxylic acids is 1. The Bertz CT molecular complexity index is 857. The van der Waals surface area contributed by atoms with E-state index >= 15 is 0 Å². The molecule has 0 fully saturated rings. The molecule has 1 amide bonds. The van der Waals surface area contributed by atoms with Gasteiger partial charge in [-0.3, -0.25) is 4.79 Å². The minimum absolute atomic E-state index is 0.149. The van der Waals surface area contributed by atoms with Crippen LogP contribution in [0.4, 0.5) is 5.69 Å². The summed E-state index contributed by atoms with van der Waals surface area (Å²) < 4.78 is 0. The first-order chi connectivity index (χ1) is 11.8. The van der Waals surface area contributed by atoms with Crippen molar-refractivity contribution in [3.8, 4) is 0 Å². The van der Waals surface area contributed by atoms with Crippen molar-refractivity contribution in [1.82, 2.24) is 5.32 Å². The second kappa shape index (κ2) is 7.12. The van der Waals surface area contributed by atoms with Crippen molar-refractivity contribution in [1.29, 1.82) is 0 Å². The number of rotatable bonds is 3. The SMILES string of the molecule is O=C(N[C@@H]1C[C@@H](C(=O)O)Nc2cc(Cl)cc(Cl)c21)c1cccc(Cl)c1. The number of amides is 1. The number of halogens is 3. The number of benzene rings is 2. The highest BCUT2D eigenvalue weighted by Gasteiger charge is 2.33. The van der Waals surface area contributed by atoms with E-state index in [9.17, 15) is 14.7 Å². The maximum atomic E-state index is 12.5. The van der Waals surface area contributed by atoms with Crippen LogP contribution in [0.5, 0.6) is 0 Å². The zero-order chi connectivity index (χ0) is 18.1. The number of nitrogens with one attached hydrogen (secondary N) is 2. The fraction of sp³-hybridized carbons (Fsp3) is 0.176. The lowest BCUT2D eigenvalue weighted by Gasteiger charge is -2.32. The van der Waals surface area contributed by atoms with E-state index < -0.39 is 18.1 Å². The molecule has 0 radical (unpaired) electrons. The Labute approximate surface area is 158 Å². The lowest BCUT2D eigenvalue weighted by Crippen LogP contribution is -2.41. The monoisotopic (exact) mass is 398 g/mol. The summed E-state index contributed by atoms with van der Waals surface area (Å²) in [5.74, 6) is -1.39. The Morgan fingerprint density at radius 3 is 2.56 bits per heavy atom. The van der Waals surface area contributed by atoms with Crippen LogP contribution in [-0.2, 0) is 4.79 Å². The van der Waals surface area contributed by atoms with Crippen molar-refractivity contribution in [2.24, 2.45) is 0 Å². The van der Waals surface area contributed by atoms with Crippen molar-refractivity contribution in [2.75, 3.05) is 5.32 Å². The standard InChI is InChI=1S/C17H13Cl3N2O3/c18-9-3-1-2-8(4-9)16(23)22-13-7-14(17(24)25)21-12-6-10(19)5-11(20)15(12)13/h1-6,13-14,21H,7H2,(H,22,23)(H,24,25)/t13-,14+/m1/s1. The van der Waals surface area contributed by atoms with Gasteiger partial charge in [0.05, 0.1) is 6.04 Å². The van der Waals surface area contributed by atoms with Crippen LogP contribution in [0, 0.1) is 0 Å². The average molecular weight is 400 g/mol. The van der Waals surface area contributed by atoms with Crippen molar-refractivity contribution in [3.63, 3.8) is 0 Å². The number of carboxylic acid groups (broad SMARTS) is 1. The van der Waals surface area contributed by atoms with Gasteiger partial charge >= 0.3 is 5.97 Å². The average Bonchev–Trinajstić information content (AvgIpc) is 2.53. The van der Waals surface area contributed by atoms with Crippen LogP contribution in [0.15, 0.2) is 36.4 Å². The minimum atomic E-state index is -1.02. The fourth-order valence-electron chi connectivity index (χ4n) is 2.82. The molecule has 2 aromatic carbocycles. The Balaban J connectivity index is 1.95. The molecule has 2 aromatic rings. The smallest absolute Gasteiger partial charge is 0.326 e. The number of hydrogen-bond acceptors (Lipinski definition) is 3. The van der Waals surface area contributed by atoms with Crippen LogP contribution in [0.2, 0.25) is 15.1 Å². The van der Waals surface area contributed by atoms with Gasteiger partial charge in [-0.15, -0.1) is 0 Å². The zero-order valence-corrected chi connectivity index (χ0v) is 15.0. The van der Waals surface area contributed by atoms with Crippen molar-refractivity contribution < 1.29 is 14.7 Å². The molecule has 130 valence electrons. The molecule has 0 bridgehead atoms. The highest BCUT2D eigenvalue weighted by atomic mass is 35.5. The Morgan fingerprint density at radius 2 is 1.88 bits per heavy atom. The van der Waals surface area contributed by atoms with Crippen LogP contribution >= 0.6 is 34.8 Å². The van der Waals surface area contributed by atoms with Gasteiger partial charge in [0.15, 0.2) is 0 Å². The molecule has 3 rings (SSSR count). The summed E-state index contributed by atoms with van der Waals surface area (Å²) in [6.45, 7) is 0. The minimum Gasteiger partial charge on any atom is -0.480 e. The highest BCUT2D eigenvalue weighted by Crippen LogP contribution is 2.40. The molecular formula is C17H13Cl3N2O3. The number of carbonyl (C=O) groups is 2. The van der Waals surface area contributed by atoms with Gasteiger partial charge in [-0.05, 0) is 30.3 Å². The molecule has 0 unspecified atom stereocenters. The fourth-order valence-corrected chi connectivity index (χ4v) is 3.64. The topological polar surface area (TPSA) is 78.4 Å². The number of anilines is 1.